The summed E-state index contributed by atoms with van der Waals surface area (Å²) in [6.07, 6.45) is 0. The summed E-state index contributed by atoms with van der Waals surface area (Å²) in [5, 5.41) is 6.71. The van der Waals surface area contributed by atoms with Crippen molar-refractivity contribution in [3.05, 3.63) is 71.8 Å². The summed E-state index contributed by atoms with van der Waals surface area (Å²) in [6.45, 7) is 61.9. The molecule has 0 aliphatic rings. The van der Waals surface area contributed by atoms with Crippen LogP contribution in [0.1, 0.15) is 288 Å². The lowest BCUT2D eigenvalue weighted by molar-refractivity contribution is -0.304. The zero-order valence-electron chi connectivity index (χ0n) is 65.5. The summed E-state index contributed by atoms with van der Waals surface area (Å²) < 4.78 is 73.2. The van der Waals surface area contributed by atoms with Crippen molar-refractivity contribution in [2.45, 2.75) is 333 Å². The first-order valence-electron chi connectivity index (χ1n) is 33.8. The average Bonchev–Trinajstić information content (AvgIpc) is 0.772. The molecule has 4 atom stereocenters. The molecule has 0 amide bonds. The van der Waals surface area contributed by atoms with Crippen molar-refractivity contribution in [3.63, 3.8) is 0 Å². The van der Waals surface area contributed by atoms with Gasteiger partial charge in [0.25, 0.3) is 0 Å². The van der Waals surface area contributed by atoms with Crippen molar-refractivity contribution in [1.29, 1.82) is 0 Å². The Balaban J connectivity index is -0.000000891. The molecule has 0 radical (unpaired) electrons. The van der Waals surface area contributed by atoms with Gasteiger partial charge < -0.3 is 37.0 Å². The summed E-state index contributed by atoms with van der Waals surface area (Å²) in [7, 11) is -7.61. The molecular formula is C76H146N4O18P2. The van der Waals surface area contributed by atoms with E-state index in [0.717, 1.165) is 11.1 Å². The average molecular weight is 1470 g/mol. The minimum absolute atomic E-state index is 0. The van der Waals surface area contributed by atoms with Gasteiger partial charge in [-0.25, -0.2) is 19.2 Å². The maximum Gasteiger partial charge on any atom is 0.350 e. The van der Waals surface area contributed by atoms with Crippen molar-refractivity contribution in [2.75, 3.05) is 40.0 Å². The minimum Gasteiger partial charge on any atom is -0.426 e. The highest BCUT2D eigenvalue weighted by Crippen LogP contribution is 2.62. The van der Waals surface area contributed by atoms with Crippen LogP contribution in [0.2, 0.25) is 0 Å². The van der Waals surface area contributed by atoms with Crippen molar-refractivity contribution in [3.8, 4) is 0 Å². The van der Waals surface area contributed by atoms with E-state index < -0.39 is 120 Å². The van der Waals surface area contributed by atoms with Crippen LogP contribution < -0.4 is 0 Å². The van der Waals surface area contributed by atoms with Gasteiger partial charge >= 0.3 is 39.1 Å². The molecule has 0 saturated carbocycles. The summed E-state index contributed by atoms with van der Waals surface area (Å²) in [5.41, 5.74) is -7.68. The van der Waals surface area contributed by atoms with Gasteiger partial charge in [0.1, 0.15) is 11.6 Å². The first-order valence-corrected chi connectivity index (χ1v) is 37.0. The van der Waals surface area contributed by atoms with Gasteiger partial charge in [0.2, 0.25) is 13.6 Å². The van der Waals surface area contributed by atoms with Crippen molar-refractivity contribution < 1.29 is 84.7 Å². The van der Waals surface area contributed by atoms with E-state index in [4.69, 9.17) is 56.4 Å². The molecule has 0 bridgehead atoms. The van der Waals surface area contributed by atoms with Gasteiger partial charge in [-0.2, -0.15) is 20.3 Å². The Kier molecular flexibility index (Phi) is 41.8. The van der Waals surface area contributed by atoms with E-state index in [9.17, 15) is 28.3 Å². The first-order chi connectivity index (χ1) is 43.3. The second-order valence-corrected chi connectivity index (χ2v) is 37.0. The number of ether oxygens (including phenoxy) is 4. The molecule has 24 heteroatoms. The van der Waals surface area contributed by atoms with Gasteiger partial charge in [-0.15, -0.1) is 0 Å². The number of hydrogen-bond acceptors (Lipinski definition) is 22. The quantitative estimate of drug-likeness (QED) is 0.0275. The van der Waals surface area contributed by atoms with Crippen LogP contribution in [0.5, 0.6) is 0 Å². The van der Waals surface area contributed by atoms with E-state index in [1.165, 1.54) is 37.8 Å². The van der Waals surface area contributed by atoms with Crippen LogP contribution in [0, 0.1) is 22.7 Å². The maximum atomic E-state index is 14.2. The number of benzene rings is 2. The van der Waals surface area contributed by atoms with Crippen molar-refractivity contribution in [1.82, 2.24) is 20.3 Å². The predicted octanol–water partition coefficient (Wildman–Crippen LogP) is 19.9. The summed E-state index contributed by atoms with van der Waals surface area (Å²) in [6, 6.07) is 19.9. The van der Waals surface area contributed by atoms with E-state index in [2.05, 4.69) is 52.0 Å². The predicted molar refractivity (Wildman–Crippen MR) is 404 cm³/mol. The summed E-state index contributed by atoms with van der Waals surface area (Å²) >= 11 is 0. The van der Waals surface area contributed by atoms with Crippen LogP contribution >= 0.6 is 15.2 Å². The highest BCUT2D eigenvalue weighted by atomic mass is 31.2. The standard InChI is InChI=1S/C37H58N2O6.C35H72N2O12P2.4CH4/c1-26(2)30(28-21-17-15-18-22-28)38(34(5,6)7)44-36(11,12)32(40)42-25-43-33(41)37(13,14)45-39(35(8,9)10)31(27(3)4)29-23-19-16-20-24-29;1-21-44-50(40,45-22-2)26(30(5,6)7)36(32(11,12)13)48-34(17,18)28(38)42-25-43-29(39)35(19,20)49-37(33(14,15)16)27(31(8,9)10)51(41,46-23-3)47-24-4;;;;/h15-24,26-27,30-31H,25H2,1-14H3;26-27H,21-25H2,1-20H3;4*1H4. The molecule has 0 aromatic heterocycles. The number of carbonyl (C=O) groups excluding carboxylic acids is 4. The number of hydrogen-bond donors (Lipinski definition) is 0. The molecule has 0 heterocycles. The lowest BCUT2D eigenvalue weighted by atomic mass is 9.92. The van der Waals surface area contributed by atoms with E-state index >= 15 is 0 Å². The Morgan fingerprint density at radius 2 is 0.530 bits per heavy atom. The van der Waals surface area contributed by atoms with Gasteiger partial charge in [-0.05, 0) is 200 Å². The molecule has 0 saturated heterocycles. The molecule has 0 fully saturated rings. The molecule has 0 aliphatic carbocycles. The van der Waals surface area contributed by atoms with Crippen molar-refractivity contribution in [2.24, 2.45) is 22.7 Å². The van der Waals surface area contributed by atoms with Crippen LogP contribution in [0.3, 0.4) is 0 Å². The van der Waals surface area contributed by atoms with Gasteiger partial charge in [0.15, 0.2) is 22.4 Å². The lowest BCUT2D eigenvalue weighted by Gasteiger charge is -2.49. The fraction of sp³-hybridized carbons (Fsp3) is 0.789. The molecule has 4 unspecified atom stereocenters. The molecule has 0 aliphatic heterocycles. The highest BCUT2D eigenvalue weighted by molar-refractivity contribution is 7.55. The third-order valence-corrected chi connectivity index (χ3v) is 20.2. The topological polar surface area (TPSA) is 226 Å². The van der Waals surface area contributed by atoms with Gasteiger partial charge in [0, 0.05) is 22.2 Å². The molecule has 2 rings (SSSR count). The fourth-order valence-electron chi connectivity index (χ4n) is 10.3. The Bertz CT molecular complexity index is 2600. The molecule has 588 valence electrons. The first kappa shape index (κ1) is 103. The number of carbonyl (C=O) groups is 4. The van der Waals surface area contributed by atoms with E-state index in [-0.39, 0.29) is 80.1 Å². The van der Waals surface area contributed by atoms with E-state index in [1.807, 2.05) is 171 Å². The SMILES string of the molecule is C.C.C.C.CC(C)C(c1ccccc1)N(OC(C)(C)C(=O)OCOC(=O)C(C)(C)ON(C(c1ccccc1)C(C)C)C(C)(C)C)C(C)(C)C.CCOP(=O)(OCC)C(N(OC(C)(C)C(=O)OCOC(=O)C(C)(C)ON(C(C(C)(C)C)P(=O)(OCC)OCC)C(C)(C)C)C(C)(C)C)C(C)(C)C. The monoisotopic (exact) mass is 1470 g/mol. The maximum absolute atomic E-state index is 14.2. The Labute approximate surface area is 609 Å². The van der Waals surface area contributed by atoms with Gasteiger partial charge in [0.05, 0.1) is 38.5 Å². The smallest absolute Gasteiger partial charge is 0.350 e. The second-order valence-electron chi connectivity index (χ2n) is 32.8. The minimum atomic E-state index is -3.81. The van der Waals surface area contributed by atoms with Crippen LogP contribution in [-0.2, 0) is 84.7 Å². The molecule has 100 heavy (non-hydrogen) atoms. The number of rotatable bonds is 34. The Hall–Kier alpha value is -3.70. The molecule has 0 N–H and O–H groups in total. The molecular weight excluding hydrogens is 1320 g/mol. The molecule has 0 spiro atoms. The number of hydroxylamine groups is 8. The number of esters is 4. The molecule has 22 nitrogen and oxygen atoms in total. The fourth-order valence-corrected chi connectivity index (χ4v) is 15.7. The number of nitrogens with zero attached hydrogens (tertiary/aromatic N) is 4. The Morgan fingerprint density at radius 1 is 0.340 bits per heavy atom. The zero-order chi connectivity index (χ0) is 75.0. The normalized spacial score (nSPS) is 14.6. The zero-order valence-corrected chi connectivity index (χ0v) is 67.3. The van der Waals surface area contributed by atoms with Crippen LogP contribution in [0.4, 0.5) is 0 Å². The molecule has 2 aromatic rings. The van der Waals surface area contributed by atoms with Crippen LogP contribution in [-0.4, -0.2) is 140 Å². The third-order valence-electron chi connectivity index (χ3n) is 14.6. The largest absolute Gasteiger partial charge is 0.426 e. The second kappa shape index (κ2) is 40.7. The highest BCUT2D eigenvalue weighted by Gasteiger charge is 2.56. The van der Waals surface area contributed by atoms with E-state index in [1.54, 1.807) is 55.4 Å². The Morgan fingerprint density at radius 3 is 0.690 bits per heavy atom. The summed E-state index contributed by atoms with van der Waals surface area (Å²) in [5.74, 6) is -4.47. The van der Waals surface area contributed by atoms with Crippen molar-refractivity contribution >= 4 is 39.1 Å². The van der Waals surface area contributed by atoms with Crippen LogP contribution in [0.15, 0.2) is 60.7 Å². The lowest BCUT2D eigenvalue weighted by Crippen LogP contribution is -2.58. The van der Waals surface area contributed by atoms with E-state index in [0.29, 0.717) is 0 Å². The van der Waals surface area contributed by atoms with Gasteiger partial charge in [-0.1, -0.05) is 160 Å². The van der Waals surface area contributed by atoms with Gasteiger partial charge in [-0.3, -0.25) is 28.5 Å². The summed E-state index contributed by atoms with van der Waals surface area (Å²) in [4.78, 5) is 79.1. The van der Waals surface area contributed by atoms with Crippen LogP contribution in [0.25, 0.3) is 0 Å². The molecule has 2 aromatic carbocycles. The third kappa shape index (κ3) is 30.4.